The fourth-order valence-corrected chi connectivity index (χ4v) is 4.10. The lowest BCUT2D eigenvalue weighted by Crippen LogP contribution is -2.48. The Morgan fingerprint density at radius 2 is 1.65 bits per heavy atom. The van der Waals surface area contributed by atoms with E-state index in [1.54, 1.807) is 12.3 Å². The van der Waals surface area contributed by atoms with Crippen molar-refractivity contribution in [1.82, 2.24) is 15.6 Å². The number of rotatable bonds is 12. The molecule has 0 aliphatic rings. The first-order valence-corrected chi connectivity index (χ1v) is 12.5. The minimum atomic E-state index is -0.763. The fourth-order valence-electron chi connectivity index (χ4n) is 3.34. The smallest absolute Gasteiger partial charge is 0.408 e. The number of carbonyl (C=O) groups excluding carboxylic acids is 3. The molecule has 1 heterocycles. The Morgan fingerprint density at radius 3 is 2.26 bits per heavy atom. The van der Waals surface area contributed by atoms with Crippen LogP contribution < -0.4 is 10.6 Å². The lowest BCUT2D eigenvalue weighted by atomic mass is 9.99. The van der Waals surface area contributed by atoms with Crippen LogP contribution in [0.1, 0.15) is 74.6 Å². The van der Waals surface area contributed by atoms with Gasteiger partial charge < -0.3 is 20.1 Å². The minimum absolute atomic E-state index is 0.119. The van der Waals surface area contributed by atoms with Crippen molar-refractivity contribution in [3.8, 4) is 0 Å². The molecule has 2 rings (SSSR count). The van der Waals surface area contributed by atoms with E-state index in [0.29, 0.717) is 18.5 Å². The van der Waals surface area contributed by atoms with Crippen molar-refractivity contribution in [2.45, 2.75) is 66.2 Å². The van der Waals surface area contributed by atoms with Gasteiger partial charge >= 0.3 is 12.1 Å². The van der Waals surface area contributed by atoms with E-state index >= 15 is 0 Å². The quantitative estimate of drug-likeness (QED) is 0.412. The highest BCUT2D eigenvalue weighted by Crippen LogP contribution is 2.24. The Bertz CT molecular complexity index is 930. The van der Waals surface area contributed by atoms with Crippen LogP contribution in [-0.2, 0) is 20.9 Å². The minimum Gasteiger partial charge on any atom is -0.461 e. The van der Waals surface area contributed by atoms with Gasteiger partial charge in [0.05, 0.1) is 18.3 Å². The summed E-state index contributed by atoms with van der Waals surface area (Å²) in [6.07, 6.45) is 0.430. The SMILES string of the molecule is CCOC(=O)c1nc([C@@H](CC(C)C)NC(=O)[C@H](CC(C)C)NC(=O)OCc2ccccc2)cs1. The average Bonchev–Trinajstić information content (AvgIpc) is 3.27. The number of alkyl carbamates (subject to hydrolysis) is 1. The molecular weight excluding hydrogens is 454 g/mol. The number of esters is 1. The number of amides is 2. The van der Waals surface area contributed by atoms with Crippen molar-refractivity contribution >= 4 is 29.3 Å². The van der Waals surface area contributed by atoms with Crippen LogP contribution >= 0.6 is 11.3 Å². The second-order valence-corrected chi connectivity index (χ2v) is 9.74. The highest BCUT2D eigenvalue weighted by molar-refractivity contribution is 7.11. The summed E-state index contributed by atoms with van der Waals surface area (Å²) in [7, 11) is 0. The van der Waals surface area contributed by atoms with Crippen LogP contribution in [0.3, 0.4) is 0 Å². The van der Waals surface area contributed by atoms with Crippen LogP contribution in [0.25, 0.3) is 0 Å². The van der Waals surface area contributed by atoms with Gasteiger partial charge in [-0.15, -0.1) is 11.3 Å². The molecule has 2 N–H and O–H groups in total. The van der Waals surface area contributed by atoms with Crippen molar-refractivity contribution < 1.29 is 23.9 Å². The van der Waals surface area contributed by atoms with Gasteiger partial charge in [-0.1, -0.05) is 58.0 Å². The monoisotopic (exact) mass is 489 g/mol. The second-order valence-electron chi connectivity index (χ2n) is 8.88. The summed E-state index contributed by atoms with van der Waals surface area (Å²) in [4.78, 5) is 42.0. The molecule has 2 aromatic rings. The maximum absolute atomic E-state index is 13.2. The number of carbonyl (C=O) groups is 3. The summed E-state index contributed by atoms with van der Waals surface area (Å²) in [6.45, 7) is 10.2. The Morgan fingerprint density at radius 1 is 0.971 bits per heavy atom. The van der Waals surface area contributed by atoms with Gasteiger partial charge in [-0.3, -0.25) is 4.79 Å². The van der Waals surface area contributed by atoms with Crippen LogP contribution in [0.2, 0.25) is 0 Å². The van der Waals surface area contributed by atoms with Crippen LogP contribution in [0.4, 0.5) is 4.79 Å². The number of nitrogens with zero attached hydrogens (tertiary/aromatic N) is 1. The predicted molar refractivity (Wildman–Crippen MR) is 131 cm³/mol. The molecule has 8 nitrogen and oxygen atoms in total. The summed E-state index contributed by atoms with van der Waals surface area (Å²) in [6, 6.07) is 8.18. The van der Waals surface area contributed by atoms with Crippen molar-refractivity contribution in [1.29, 1.82) is 0 Å². The third-order valence-corrected chi connectivity index (χ3v) is 5.72. The first-order chi connectivity index (χ1) is 16.2. The fraction of sp³-hybridized carbons (Fsp3) is 0.520. The molecule has 0 fully saturated rings. The standard InChI is InChI=1S/C25H35N3O5S/c1-6-32-24(30)23-27-21(15-34-23)19(12-16(2)3)26-22(29)20(13-17(4)5)28-25(31)33-14-18-10-8-7-9-11-18/h7-11,15-17,19-20H,6,12-14H2,1-5H3,(H,26,29)(H,28,31)/t19-,20+/m1/s1. The van der Waals surface area contributed by atoms with E-state index < -0.39 is 24.1 Å². The van der Waals surface area contributed by atoms with E-state index in [2.05, 4.69) is 15.6 Å². The van der Waals surface area contributed by atoms with Gasteiger partial charge in [0, 0.05) is 5.38 Å². The zero-order chi connectivity index (χ0) is 25.1. The zero-order valence-electron chi connectivity index (χ0n) is 20.5. The molecule has 0 saturated carbocycles. The van der Waals surface area contributed by atoms with Gasteiger partial charge in [-0.25, -0.2) is 14.6 Å². The summed E-state index contributed by atoms with van der Waals surface area (Å²) >= 11 is 1.19. The molecule has 2 atom stereocenters. The van der Waals surface area contributed by atoms with Gasteiger partial charge in [0.25, 0.3) is 0 Å². The molecule has 0 unspecified atom stereocenters. The Hall–Kier alpha value is -2.94. The molecule has 2 amide bonds. The molecule has 0 spiro atoms. The number of nitrogens with one attached hydrogen (secondary N) is 2. The van der Waals surface area contributed by atoms with Crippen molar-refractivity contribution in [2.75, 3.05) is 6.61 Å². The first-order valence-electron chi connectivity index (χ1n) is 11.6. The van der Waals surface area contributed by atoms with E-state index in [1.807, 2.05) is 58.0 Å². The van der Waals surface area contributed by atoms with Crippen LogP contribution in [0.5, 0.6) is 0 Å². The van der Waals surface area contributed by atoms with Crippen LogP contribution in [0.15, 0.2) is 35.7 Å². The van der Waals surface area contributed by atoms with Crippen molar-refractivity contribution in [3.63, 3.8) is 0 Å². The Balaban J connectivity index is 2.08. The van der Waals surface area contributed by atoms with Gasteiger partial charge in [0.15, 0.2) is 0 Å². The molecule has 1 aromatic heterocycles. The van der Waals surface area contributed by atoms with Crippen LogP contribution in [-0.4, -0.2) is 35.6 Å². The molecule has 0 saturated heterocycles. The third-order valence-electron chi connectivity index (χ3n) is 4.88. The lowest BCUT2D eigenvalue weighted by Gasteiger charge is -2.24. The number of hydrogen-bond donors (Lipinski definition) is 2. The summed E-state index contributed by atoms with van der Waals surface area (Å²) in [5.74, 6) is -0.357. The van der Waals surface area contributed by atoms with Gasteiger partial charge in [-0.05, 0) is 37.2 Å². The number of aromatic nitrogens is 1. The maximum atomic E-state index is 13.2. The average molecular weight is 490 g/mol. The molecule has 1 aromatic carbocycles. The highest BCUT2D eigenvalue weighted by atomic mass is 32.1. The summed E-state index contributed by atoms with van der Waals surface area (Å²) in [5, 5.41) is 7.73. The molecule has 186 valence electrons. The van der Waals surface area contributed by atoms with E-state index in [-0.39, 0.29) is 36.0 Å². The molecule has 0 aliphatic heterocycles. The van der Waals surface area contributed by atoms with Gasteiger partial charge in [0.2, 0.25) is 10.9 Å². The van der Waals surface area contributed by atoms with E-state index in [9.17, 15) is 14.4 Å². The van der Waals surface area contributed by atoms with Crippen molar-refractivity contribution in [3.05, 3.63) is 52.0 Å². The molecule has 9 heteroatoms. The lowest BCUT2D eigenvalue weighted by molar-refractivity contribution is -0.124. The molecule has 0 radical (unpaired) electrons. The molecular formula is C25H35N3O5S. The molecule has 34 heavy (non-hydrogen) atoms. The Labute approximate surface area is 205 Å². The summed E-state index contributed by atoms with van der Waals surface area (Å²) in [5.41, 5.74) is 1.46. The summed E-state index contributed by atoms with van der Waals surface area (Å²) < 4.78 is 10.3. The molecule has 0 aliphatic carbocycles. The number of hydrogen-bond acceptors (Lipinski definition) is 7. The van der Waals surface area contributed by atoms with Gasteiger partial charge in [0.1, 0.15) is 12.6 Å². The predicted octanol–water partition coefficient (Wildman–Crippen LogP) is 4.86. The van der Waals surface area contributed by atoms with E-state index in [1.165, 1.54) is 11.3 Å². The Kier molecular flexibility index (Phi) is 11.0. The zero-order valence-corrected chi connectivity index (χ0v) is 21.3. The van der Waals surface area contributed by atoms with Gasteiger partial charge in [-0.2, -0.15) is 0 Å². The molecule has 0 bridgehead atoms. The largest absolute Gasteiger partial charge is 0.461 e. The number of benzene rings is 1. The van der Waals surface area contributed by atoms with E-state index in [0.717, 1.165) is 5.56 Å². The van der Waals surface area contributed by atoms with Crippen molar-refractivity contribution in [2.24, 2.45) is 11.8 Å². The maximum Gasteiger partial charge on any atom is 0.408 e. The second kappa shape index (κ2) is 13.7. The third kappa shape index (κ3) is 9.13. The topological polar surface area (TPSA) is 107 Å². The first kappa shape index (κ1) is 27.3. The number of thiazole rings is 1. The number of ether oxygens (including phenoxy) is 2. The van der Waals surface area contributed by atoms with Crippen LogP contribution in [0, 0.1) is 11.8 Å². The normalized spacial score (nSPS) is 12.8. The highest BCUT2D eigenvalue weighted by Gasteiger charge is 2.27. The van der Waals surface area contributed by atoms with E-state index in [4.69, 9.17) is 9.47 Å².